The number of carbonyl (C=O) groups is 1. The highest BCUT2D eigenvalue weighted by Gasteiger charge is 2.36. The van der Waals surface area contributed by atoms with E-state index in [1.165, 1.54) is 30.3 Å². The summed E-state index contributed by atoms with van der Waals surface area (Å²) < 4.78 is 91.3. The maximum absolute atomic E-state index is 13.1. The number of rotatable bonds is 5. The molecule has 0 unspecified atom stereocenters. The molecule has 0 bridgehead atoms. The Bertz CT molecular complexity index is 1130. The van der Waals surface area contributed by atoms with Crippen LogP contribution in [0, 0.1) is 5.82 Å². The number of alkyl halides is 6. The van der Waals surface area contributed by atoms with Gasteiger partial charge in [0.1, 0.15) is 11.0 Å². The van der Waals surface area contributed by atoms with Crippen LogP contribution in [0.4, 0.5) is 30.7 Å². The van der Waals surface area contributed by atoms with E-state index in [-0.39, 0.29) is 28.8 Å². The number of nitrogens with one attached hydrogen (secondary N) is 1. The monoisotopic (exact) mass is 490 g/mol. The molecule has 2 aromatic carbocycles. The van der Waals surface area contributed by atoms with E-state index >= 15 is 0 Å². The zero-order valence-electron chi connectivity index (χ0n) is 16.5. The Morgan fingerprint density at radius 2 is 1.45 bits per heavy atom. The number of hydrogen-bond donors (Lipinski definition) is 1. The van der Waals surface area contributed by atoms with Gasteiger partial charge in [-0.15, -0.1) is 0 Å². The molecule has 3 nitrogen and oxygen atoms in total. The number of hydrogen-bond acceptors (Lipinski definition) is 2. The van der Waals surface area contributed by atoms with Gasteiger partial charge in [0.2, 0.25) is 0 Å². The largest absolute Gasteiger partial charge is 0.416 e. The van der Waals surface area contributed by atoms with Crippen molar-refractivity contribution in [1.82, 2.24) is 10.3 Å². The van der Waals surface area contributed by atoms with E-state index in [0.29, 0.717) is 23.3 Å². The number of carbonyl (C=O) groups excluding carboxylic acids is 1. The first-order valence-electron chi connectivity index (χ1n) is 9.28. The van der Waals surface area contributed by atoms with Gasteiger partial charge in [0, 0.05) is 12.7 Å². The molecule has 33 heavy (non-hydrogen) atoms. The Balaban J connectivity index is 1.84. The molecule has 0 saturated heterocycles. The Morgan fingerprint density at radius 3 is 2.00 bits per heavy atom. The van der Waals surface area contributed by atoms with Crippen LogP contribution < -0.4 is 5.32 Å². The lowest BCUT2D eigenvalue weighted by molar-refractivity contribution is -0.143. The number of aromatic nitrogens is 1. The molecule has 0 saturated carbocycles. The van der Waals surface area contributed by atoms with Crippen LogP contribution in [-0.4, -0.2) is 10.9 Å². The summed E-state index contributed by atoms with van der Waals surface area (Å²) in [6.07, 6.45) is -8.69. The van der Waals surface area contributed by atoms with Gasteiger partial charge in [-0.25, -0.2) is 9.37 Å². The topological polar surface area (TPSA) is 42.0 Å². The third-order valence-electron chi connectivity index (χ3n) is 4.61. The second kappa shape index (κ2) is 9.38. The van der Waals surface area contributed by atoms with Gasteiger partial charge in [-0.1, -0.05) is 23.7 Å². The fourth-order valence-electron chi connectivity index (χ4n) is 3.04. The molecule has 1 N–H and O–H groups in total. The molecular weight excluding hydrogens is 477 g/mol. The van der Waals surface area contributed by atoms with Crippen LogP contribution in [0.1, 0.15) is 38.2 Å². The summed E-state index contributed by atoms with van der Waals surface area (Å²) >= 11 is 5.89. The zero-order valence-corrected chi connectivity index (χ0v) is 17.2. The van der Waals surface area contributed by atoms with Crippen LogP contribution in [-0.2, 0) is 25.3 Å². The number of amides is 1. The molecule has 0 spiro atoms. The molecular formula is C22H14ClF7N2O. The lowest BCUT2D eigenvalue weighted by Gasteiger charge is -2.15. The standard InChI is InChI=1S/C22H14ClF7N2O/c23-19-8-14(5-12-1-3-17(24)4-2-12)18(11-31-19)20(33)32-10-13-6-15(21(25,26)27)9-16(7-13)22(28,29)30/h1-4,6-9,11H,5,10H2,(H,32,33). The molecule has 1 amide bonds. The molecule has 3 rings (SSSR count). The van der Waals surface area contributed by atoms with Crippen molar-refractivity contribution in [2.75, 3.05) is 0 Å². The van der Waals surface area contributed by atoms with Gasteiger partial charge < -0.3 is 5.32 Å². The first kappa shape index (κ1) is 24.5. The molecule has 3 aromatic rings. The molecule has 0 fully saturated rings. The minimum atomic E-state index is -5.00. The third-order valence-corrected chi connectivity index (χ3v) is 4.82. The van der Waals surface area contributed by atoms with Crippen molar-refractivity contribution in [2.45, 2.75) is 25.3 Å². The smallest absolute Gasteiger partial charge is 0.348 e. The van der Waals surface area contributed by atoms with Crippen LogP contribution in [0.25, 0.3) is 0 Å². The predicted molar refractivity (Wildman–Crippen MR) is 106 cm³/mol. The molecule has 0 aliphatic heterocycles. The van der Waals surface area contributed by atoms with Gasteiger partial charge in [0.15, 0.2) is 0 Å². The van der Waals surface area contributed by atoms with Crippen molar-refractivity contribution < 1.29 is 35.5 Å². The van der Waals surface area contributed by atoms with E-state index in [2.05, 4.69) is 10.3 Å². The highest BCUT2D eigenvalue weighted by atomic mass is 35.5. The maximum atomic E-state index is 13.1. The molecule has 1 heterocycles. The highest BCUT2D eigenvalue weighted by Crippen LogP contribution is 2.36. The van der Waals surface area contributed by atoms with Crippen LogP contribution in [0.15, 0.2) is 54.7 Å². The molecule has 0 aliphatic carbocycles. The Morgan fingerprint density at radius 1 is 0.879 bits per heavy atom. The summed E-state index contributed by atoms with van der Waals surface area (Å²) in [6.45, 7) is -0.593. The van der Waals surface area contributed by atoms with E-state index in [1.54, 1.807) is 0 Å². The van der Waals surface area contributed by atoms with Crippen molar-refractivity contribution in [1.29, 1.82) is 0 Å². The van der Waals surface area contributed by atoms with E-state index in [9.17, 15) is 35.5 Å². The van der Waals surface area contributed by atoms with Gasteiger partial charge in [-0.2, -0.15) is 26.3 Å². The van der Waals surface area contributed by atoms with Crippen LogP contribution >= 0.6 is 11.6 Å². The lowest BCUT2D eigenvalue weighted by Crippen LogP contribution is -2.25. The van der Waals surface area contributed by atoms with Gasteiger partial charge in [-0.3, -0.25) is 4.79 Å². The van der Waals surface area contributed by atoms with E-state index in [4.69, 9.17) is 11.6 Å². The average Bonchev–Trinajstić information content (AvgIpc) is 2.72. The van der Waals surface area contributed by atoms with E-state index in [0.717, 1.165) is 6.20 Å². The Hall–Kier alpha value is -3.14. The SMILES string of the molecule is O=C(NCc1cc(C(F)(F)F)cc(C(F)(F)F)c1)c1cnc(Cl)cc1Cc1ccc(F)cc1. The van der Waals surface area contributed by atoms with Crippen molar-refractivity contribution in [3.05, 3.63) is 99.1 Å². The van der Waals surface area contributed by atoms with Crippen LogP contribution in [0.2, 0.25) is 5.15 Å². The van der Waals surface area contributed by atoms with E-state index in [1.807, 2.05) is 0 Å². The summed E-state index contributed by atoms with van der Waals surface area (Å²) in [7, 11) is 0. The Kier molecular flexibility index (Phi) is 6.97. The number of benzene rings is 2. The quantitative estimate of drug-likeness (QED) is 0.331. The molecule has 11 heteroatoms. The molecule has 0 radical (unpaired) electrons. The summed E-state index contributed by atoms with van der Waals surface area (Å²) in [5, 5.41) is 2.38. The molecule has 0 aliphatic rings. The lowest BCUT2D eigenvalue weighted by atomic mass is 10.0. The van der Waals surface area contributed by atoms with Crippen molar-refractivity contribution in [2.24, 2.45) is 0 Å². The first-order valence-corrected chi connectivity index (χ1v) is 9.66. The third kappa shape index (κ3) is 6.44. The van der Waals surface area contributed by atoms with Gasteiger partial charge in [0.25, 0.3) is 5.91 Å². The summed E-state index contributed by atoms with van der Waals surface area (Å²) in [6, 6.07) is 7.91. The Labute approximate surface area is 188 Å². The minimum absolute atomic E-state index is 0.00916. The van der Waals surface area contributed by atoms with E-state index < -0.39 is 41.7 Å². The van der Waals surface area contributed by atoms with Crippen molar-refractivity contribution >= 4 is 17.5 Å². The second-order valence-electron chi connectivity index (χ2n) is 7.06. The second-order valence-corrected chi connectivity index (χ2v) is 7.45. The minimum Gasteiger partial charge on any atom is -0.348 e. The molecule has 174 valence electrons. The summed E-state index contributed by atoms with van der Waals surface area (Å²) in [5.41, 5.74) is -2.29. The van der Waals surface area contributed by atoms with Gasteiger partial charge >= 0.3 is 12.4 Å². The fraction of sp³-hybridized carbons (Fsp3) is 0.182. The van der Waals surface area contributed by atoms with Crippen LogP contribution in [0.3, 0.4) is 0 Å². The number of pyridine rings is 1. The van der Waals surface area contributed by atoms with Crippen molar-refractivity contribution in [3.8, 4) is 0 Å². The van der Waals surface area contributed by atoms with Crippen molar-refractivity contribution in [3.63, 3.8) is 0 Å². The maximum Gasteiger partial charge on any atom is 0.416 e. The van der Waals surface area contributed by atoms with Crippen LogP contribution in [0.5, 0.6) is 0 Å². The number of halogens is 8. The number of nitrogens with zero attached hydrogens (tertiary/aromatic N) is 1. The fourth-order valence-corrected chi connectivity index (χ4v) is 3.22. The summed E-state index contributed by atoms with van der Waals surface area (Å²) in [5.74, 6) is -1.23. The van der Waals surface area contributed by atoms with Gasteiger partial charge in [-0.05, 0) is 59.5 Å². The van der Waals surface area contributed by atoms with Gasteiger partial charge in [0.05, 0.1) is 16.7 Å². The molecule has 0 atom stereocenters. The first-order chi connectivity index (χ1) is 15.3. The summed E-state index contributed by atoms with van der Waals surface area (Å²) in [4.78, 5) is 16.5. The highest BCUT2D eigenvalue weighted by molar-refractivity contribution is 6.29. The molecule has 1 aromatic heterocycles. The normalized spacial score (nSPS) is 12.0. The average molecular weight is 491 g/mol. The predicted octanol–water partition coefficient (Wildman–Crippen LogP) is 6.43. The zero-order chi connectivity index (χ0) is 24.4.